The minimum atomic E-state index is -1.61. The summed E-state index contributed by atoms with van der Waals surface area (Å²) in [5.41, 5.74) is 0. The van der Waals surface area contributed by atoms with Gasteiger partial charge in [-0.1, -0.05) is 20.8 Å². The summed E-state index contributed by atoms with van der Waals surface area (Å²) in [4.78, 5) is 2.69. The quantitative estimate of drug-likeness (QED) is 0.790. The van der Waals surface area contributed by atoms with Crippen LogP contribution in [0.3, 0.4) is 0 Å². The number of rotatable bonds is 5. The maximum absolute atomic E-state index is 6.52. The summed E-state index contributed by atoms with van der Waals surface area (Å²) in [6, 6.07) is 1.28. The van der Waals surface area contributed by atoms with Crippen LogP contribution in [0.4, 0.5) is 0 Å². The molecule has 2 aliphatic rings. The maximum atomic E-state index is 6.52. The van der Waals surface area contributed by atoms with Gasteiger partial charge in [-0.2, -0.15) is 0 Å². The number of hydrogen-bond acceptors (Lipinski definition) is 3. The molecule has 0 aromatic carbocycles. The lowest BCUT2D eigenvalue weighted by molar-refractivity contribution is 0.0865. The average Bonchev–Trinajstić information content (AvgIpc) is 3.12. The minimum Gasteiger partial charge on any atom is -0.415 e. The van der Waals surface area contributed by atoms with Crippen LogP contribution in [-0.2, 0) is 4.43 Å². The largest absolute Gasteiger partial charge is 0.415 e. The molecule has 118 valence electrons. The van der Waals surface area contributed by atoms with Crippen LogP contribution >= 0.6 is 0 Å². The molecule has 3 nitrogen and oxygen atoms in total. The molecule has 1 saturated heterocycles. The third kappa shape index (κ3) is 4.06. The minimum absolute atomic E-state index is 0.317. The molecule has 0 spiro atoms. The van der Waals surface area contributed by atoms with Crippen molar-refractivity contribution in [3.8, 4) is 0 Å². The summed E-state index contributed by atoms with van der Waals surface area (Å²) in [6.07, 6.45) is 2.81. The summed E-state index contributed by atoms with van der Waals surface area (Å²) in [6.45, 7) is 18.5. The van der Waals surface area contributed by atoms with E-state index in [1.807, 2.05) is 0 Å². The average molecular weight is 299 g/mol. The van der Waals surface area contributed by atoms with Gasteiger partial charge in [0.05, 0.1) is 0 Å². The molecule has 1 unspecified atom stereocenters. The second-order valence-electron chi connectivity index (χ2n) is 8.33. The van der Waals surface area contributed by atoms with E-state index in [9.17, 15) is 0 Å². The highest BCUT2D eigenvalue weighted by atomic mass is 28.4. The van der Waals surface area contributed by atoms with E-state index in [-0.39, 0.29) is 0 Å². The van der Waals surface area contributed by atoms with Gasteiger partial charge in [0.25, 0.3) is 0 Å². The summed E-state index contributed by atoms with van der Waals surface area (Å²) in [5, 5.41) is 3.87. The van der Waals surface area contributed by atoms with E-state index in [1.54, 1.807) is 0 Å². The summed E-state index contributed by atoms with van der Waals surface area (Å²) < 4.78 is 6.52. The molecule has 2 fully saturated rings. The first-order chi connectivity index (χ1) is 9.21. The Balaban J connectivity index is 1.93. The zero-order chi connectivity index (χ0) is 15.0. The lowest BCUT2D eigenvalue weighted by Crippen LogP contribution is -2.55. The lowest BCUT2D eigenvalue weighted by Gasteiger charge is -2.41. The summed E-state index contributed by atoms with van der Waals surface area (Å²) >= 11 is 0. The summed E-state index contributed by atoms with van der Waals surface area (Å²) in [5.74, 6) is 0.894. The molecule has 0 amide bonds. The Labute approximate surface area is 126 Å². The van der Waals surface area contributed by atoms with Crippen molar-refractivity contribution >= 4 is 8.32 Å². The van der Waals surface area contributed by atoms with Gasteiger partial charge < -0.3 is 9.74 Å². The van der Waals surface area contributed by atoms with Gasteiger partial charge in [0, 0.05) is 38.3 Å². The van der Waals surface area contributed by atoms with E-state index in [4.69, 9.17) is 4.43 Å². The zero-order valence-electron chi connectivity index (χ0n) is 14.3. The molecule has 1 heterocycles. The zero-order valence-corrected chi connectivity index (χ0v) is 15.3. The van der Waals surface area contributed by atoms with E-state index in [2.05, 4.69) is 51.0 Å². The molecule has 1 aliphatic heterocycles. The third-order valence-corrected chi connectivity index (χ3v) is 9.96. The smallest absolute Gasteiger partial charge is 0.192 e. The maximum Gasteiger partial charge on any atom is 0.192 e. The third-order valence-electron chi connectivity index (χ3n) is 5.46. The molecule has 1 aliphatic carbocycles. The number of hydrogen-bond donors (Lipinski definition) is 1. The Bertz CT molecular complexity index is 323. The van der Waals surface area contributed by atoms with Crippen LogP contribution in [0.1, 0.15) is 40.5 Å². The van der Waals surface area contributed by atoms with Gasteiger partial charge >= 0.3 is 0 Å². The van der Waals surface area contributed by atoms with E-state index in [0.717, 1.165) is 19.1 Å². The standard InChI is InChI=1S/C16H34N2OSi/c1-13-11-18(10-9-17-13)15(14-7-8-14)12-19-20(5,6)16(2,3)4/h13-15,17H,7-12H2,1-6H3/t13?,15-/m0/s1. The molecule has 0 aromatic heterocycles. The van der Waals surface area contributed by atoms with Crippen LogP contribution in [0.2, 0.25) is 18.1 Å². The fourth-order valence-electron chi connectivity index (χ4n) is 2.79. The predicted octanol–water partition coefficient (Wildman–Crippen LogP) is 3.08. The molecule has 2 atom stereocenters. The Hall–Kier alpha value is 0.0969. The highest BCUT2D eigenvalue weighted by Crippen LogP contribution is 2.39. The first-order valence-electron chi connectivity index (χ1n) is 8.32. The predicted molar refractivity (Wildman–Crippen MR) is 88.7 cm³/mol. The normalized spacial score (nSPS) is 27.6. The van der Waals surface area contributed by atoms with Crippen LogP contribution in [0.5, 0.6) is 0 Å². The Morgan fingerprint density at radius 3 is 2.45 bits per heavy atom. The van der Waals surface area contributed by atoms with E-state index in [0.29, 0.717) is 17.1 Å². The topological polar surface area (TPSA) is 24.5 Å². The first kappa shape index (κ1) is 16.5. The van der Waals surface area contributed by atoms with Crippen molar-refractivity contribution in [1.29, 1.82) is 0 Å². The Kier molecular flexibility index (Phi) is 5.00. The summed E-state index contributed by atoms with van der Waals surface area (Å²) in [7, 11) is -1.61. The SMILES string of the molecule is CC1CN([C@@H](CO[Si](C)(C)C(C)(C)C)C2CC2)CCN1. The van der Waals surface area contributed by atoms with E-state index < -0.39 is 8.32 Å². The second-order valence-corrected chi connectivity index (χ2v) is 13.1. The second kappa shape index (κ2) is 6.07. The molecule has 1 N–H and O–H groups in total. The number of piperazine rings is 1. The Morgan fingerprint density at radius 2 is 1.95 bits per heavy atom. The van der Waals surface area contributed by atoms with Crippen molar-refractivity contribution in [2.75, 3.05) is 26.2 Å². The van der Waals surface area contributed by atoms with Gasteiger partial charge in [0.1, 0.15) is 0 Å². The molecule has 0 bridgehead atoms. The molecule has 4 heteroatoms. The van der Waals surface area contributed by atoms with Crippen LogP contribution in [0.25, 0.3) is 0 Å². The number of nitrogens with one attached hydrogen (secondary N) is 1. The van der Waals surface area contributed by atoms with Crippen molar-refractivity contribution in [3.63, 3.8) is 0 Å². The van der Waals surface area contributed by atoms with Gasteiger partial charge in [0.2, 0.25) is 0 Å². The monoisotopic (exact) mass is 298 g/mol. The van der Waals surface area contributed by atoms with E-state index in [1.165, 1.54) is 25.9 Å². The van der Waals surface area contributed by atoms with Crippen LogP contribution in [-0.4, -0.2) is 51.5 Å². The fourth-order valence-corrected chi connectivity index (χ4v) is 3.81. The van der Waals surface area contributed by atoms with Gasteiger partial charge in [-0.15, -0.1) is 0 Å². The molecule has 0 radical (unpaired) electrons. The molecule has 0 aromatic rings. The molecular weight excluding hydrogens is 264 g/mol. The highest BCUT2D eigenvalue weighted by molar-refractivity contribution is 6.74. The lowest BCUT2D eigenvalue weighted by atomic mass is 10.1. The number of nitrogens with zero attached hydrogens (tertiary/aromatic N) is 1. The van der Waals surface area contributed by atoms with Crippen LogP contribution in [0.15, 0.2) is 0 Å². The molecular formula is C16H34N2OSi. The van der Waals surface area contributed by atoms with Crippen LogP contribution < -0.4 is 5.32 Å². The molecule has 1 saturated carbocycles. The molecule has 2 rings (SSSR count). The fraction of sp³-hybridized carbons (Fsp3) is 1.00. The molecule has 20 heavy (non-hydrogen) atoms. The van der Waals surface area contributed by atoms with E-state index >= 15 is 0 Å². The van der Waals surface area contributed by atoms with Crippen LogP contribution in [0, 0.1) is 5.92 Å². The van der Waals surface area contributed by atoms with Gasteiger partial charge in [-0.25, -0.2) is 0 Å². The first-order valence-corrected chi connectivity index (χ1v) is 11.2. The van der Waals surface area contributed by atoms with Crippen molar-refractivity contribution in [1.82, 2.24) is 10.2 Å². The van der Waals surface area contributed by atoms with Crippen molar-refractivity contribution in [3.05, 3.63) is 0 Å². The van der Waals surface area contributed by atoms with Gasteiger partial charge in [-0.05, 0) is 43.8 Å². The van der Waals surface area contributed by atoms with Crippen molar-refractivity contribution < 1.29 is 4.43 Å². The van der Waals surface area contributed by atoms with Crippen molar-refractivity contribution in [2.45, 2.75) is 70.8 Å². The highest BCUT2D eigenvalue weighted by Gasteiger charge is 2.41. The van der Waals surface area contributed by atoms with Gasteiger partial charge in [0.15, 0.2) is 8.32 Å². The van der Waals surface area contributed by atoms with Crippen molar-refractivity contribution in [2.24, 2.45) is 5.92 Å². The van der Waals surface area contributed by atoms with Gasteiger partial charge in [-0.3, -0.25) is 4.90 Å². The Morgan fingerprint density at radius 1 is 1.30 bits per heavy atom.